The van der Waals surface area contributed by atoms with Crippen LogP contribution in [0.2, 0.25) is 0 Å². The molecule has 0 fully saturated rings. The van der Waals surface area contributed by atoms with E-state index < -0.39 is 0 Å². The molecule has 2 rings (SSSR count). The van der Waals surface area contributed by atoms with Gasteiger partial charge in [0.15, 0.2) is 0 Å². The van der Waals surface area contributed by atoms with Gasteiger partial charge in [0.05, 0.1) is 12.7 Å². The van der Waals surface area contributed by atoms with Crippen LogP contribution in [0.4, 0.5) is 0 Å². The molecule has 0 spiro atoms. The van der Waals surface area contributed by atoms with Crippen LogP contribution in [0, 0.1) is 0 Å². The SMILES string of the molecule is Cn1ccnc1.Cn1ccnc1.[Al+3].[Cl-].[Cl-].[Cl-]. The van der Waals surface area contributed by atoms with Crippen molar-refractivity contribution >= 4 is 17.4 Å². The molecule has 2 aromatic heterocycles. The van der Waals surface area contributed by atoms with E-state index in [0.717, 1.165) is 0 Å². The van der Waals surface area contributed by atoms with Gasteiger partial charge in [-0.2, -0.15) is 0 Å². The van der Waals surface area contributed by atoms with Crippen LogP contribution < -0.4 is 37.2 Å². The fourth-order valence-corrected chi connectivity index (χ4v) is 0.652. The summed E-state index contributed by atoms with van der Waals surface area (Å²) in [5.74, 6) is 0. The van der Waals surface area contributed by atoms with Crippen LogP contribution in [0.5, 0.6) is 0 Å². The average molecular weight is 298 g/mol. The fourth-order valence-electron chi connectivity index (χ4n) is 0.652. The molecule has 0 radical (unpaired) electrons. The van der Waals surface area contributed by atoms with Gasteiger partial charge in [-0.05, 0) is 0 Å². The van der Waals surface area contributed by atoms with Gasteiger partial charge < -0.3 is 46.4 Å². The van der Waals surface area contributed by atoms with Crippen molar-refractivity contribution in [1.82, 2.24) is 19.1 Å². The number of imidazole rings is 2. The summed E-state index contributed by atoms with van der Waals surface area (Å²) in [6.45, 7) is 0. The van der Waals surface area contributed by atoms with Gasteiger partial charge >= 0.3 is 17.4 Å². The summed E-state index contributed by atoms with van der Waals surface area (Å²) in [7, 11) is 3.88. The second-order valence-corrected chi connectivity index (χ2v) is 2.46. The Kier molecular flexibility index (Phi) is 23.0. The van der Waals surface area contributed by atoms with Gasteiger partial charge in [0.25, 0.3) is 0 Å². The van der Waals surface area contributed by atoms with Crippen molar-refractivity contribution < 1.29 is 37.2 Å². The topological polar surface area (TPSA) is 35.6 Å². The zero-order valence-corrected chi connectivity index (χ0v) is 12.4. The van der Waals surface area contributed by atoms with Gasteiger partial charge in [0.1, 0.15) is 0 Å². The first kappa shape index (κ1) is 24.9. The first-order valence-electron chi connectivity index (χ1n) is 3.63. The molecule has 2 aromatic rings. The van der Waals surface area contributed by atoms with Crippen LogP contribution in [0.3, 0.4) is 0 Å². The van der Waals surface area contributed by atoms with Crippen LogP contribution >= 0.6 is 0 Å². The van der Waals surface area contributed by atoms with Gasteiger partial charge in [-0.25, -0.2) is 9.97 Å². The summed E-state index contributed by atoms with van der Waals surface area (Å²) < 4.78 is 3.78. The molecule has 0 aliphatic heterocycles. The van der Waals surface area contributed by atoms with Crippen LogP contribution in [-0.2, 0) is 14.1 Å². The maximum Gasteiger partial charge on any atom is 3.00 e. The molecule has 2 heterocycles. The molecule has 0 saturated carbocycles. The number of rotatable bonds is 0. The fraction of sp³-hybridized carbons (Fsp3) is 0.250. The van der Waals surface area contributed by atoms with E-state index >= 15 is 0 Å². The van der Waals surface area contributed by atoms with Crippen molar-refractivity contribution in [3.63, 3.8) is 0 Å². The van der Waals surface area contributed by atoms with Crippen LogP contribution in [-0.4, -0.2) is 36.5 Å². The molecule has 0 aromatic carbocycles. The minimum Gasteiger partial charge on any atom is -1.00 e. The number of aromatic nitrogens is 4. The monoisotopic (exact) mass is 296 g/mol. The Hall–Kier alpha value is -0.178. The van der Waals surface area contributed by atoms with E-state index in [0.29, 0.717) is 0 Å². The maximum atomic E-state index is 3.78. The third-order valence-electron chi connectivity index (χ3n) is 1.27. The third kappa shape index (κ3) is 11.9. The van der Waals surface area contributed by atoms with E-state index in [9.17, 15) is 0 Å². The molecule has 88 valence electrons. The number of nitrogens with zero attached hydrogens (tertiary/aromatic N) is 4. The Morgan fingerprint density at radius 2 is 1.06 bits per heavy atom. The number of halogens is 3. The molecule has 0 bridgehead atoms. The van der Waals surface area contributed by atoms with Crippen molar-refractivity contribution in [3.05, 3.63) is 37.4 Å². The minimum atomic E-state index is 0. The van der Waals surface area contributed by atoms with Gasteiger partial charge in [-0.3, -0.25) is 0 Å². The Bertz CT molecular complexity index is 267. The smallest absolute Gasteiger partial charge is 1.00 e. The molecule has 0 N–H and O–H groups in total. The Labute approximate surface area is 125 Å². The van der Waals surface area contributed by atoms with Crippen molar-refractivity contribution in [2.24, 2.45) is 14.1 Å². The Morgan fingerprint density at radius 1 is 0.750 bits per heavy atom. The van der Waals surface area contributed by atoms with E-state index in [4.69, 9.17) is 0 Å². The van der Waals surface area contributed by atoms with Crippen LogP contribution in [0.25, 0.3) is 0 Å². The summed E-state index contributed by atoms with van der Waals surface area (Å²) >= 11 is 0. The predicted octanol–water partition coefficient (Wildman–Crippen LogP) is -8.53. The standard InChI is InChI=1S/2C4H6N2.Al.3ClH/c2*1-6-3-2-5-4-6;;;;/h2*2-4H,1H3;;3*1H/q;;+3;;;/p-3. The Balaban J connectivity index is -0.0000000720. The third-order valence-corrected chi connectivity index (χ3v) is 1.27. The predicted molar refractivity (Wildman–Crippen MR) is 52.2 cm³/mol. The minimum absolute atomic E-state index is 0. The summed E-state index contributed by atoms with van der Waals surface area (Å²) in [5, 5.41) is 0. The van der Waals surface area contributed by atoms with E-state index in [1.807, 2.05) is 35.6 Å². The van der Waals surface area contributed by atoms with E-state index in [2.05, 4.69) is 9.97 Å². The van der Waals surface area contributed by atoms with E-state index in [1.165, 1.54) is 0 Å². The maximum absolute atomic E-state index is 3.78. The molecule has 4 nitrogen and oxygen atoms in total. The molecule has 0 amide bonds. The van der Waals surface area contributed by atoms with Crippen molar-refractivity contribution in [2.75, 3.05) is 0 Å². The van der Waals surface area contributed by atoms with Crippen LogP contribution in [0.15, 0.2) is 37.4 Å². The summed E-state index contributed by atoms with van der Waals surface area (Å²) in [5.41, 5.74) is 0. The van der Waals surface area contributed by atoms with E-state index in [1.54, 1.807) is 25.0 Å². The second-order valence-electron chi connectivity index (χ2n) is 2.46. The normalized spacial score (nSPS) is 6.62. The molecular weight excluding hydrogens is 285 g/mol. The summed E-state index contributed by atoms with van der Waals surface area (Å²) in [6.07, 6.45) is 10.8. The largest absolute Gasteiger partial charge is 3.00 e. The zero-order valence-electron chi connectivity index (χ0n) is 8.96. The molecule has 16 heavy (non-hydrogen) atoms. The molecule has 0 aliphatic rings. The van der Waals surface area contributed by atoms with Gasteiger partial charge in [0.2, 0.25) is 0 Å². The van der Waals surface area contributed by atoms with Gasteiger partial charge in [-0.15, -0.1) is 0 Å². The van der Waals surface area contributed by atoms with Crippen molar-refractivity contribution in [3.8, 4) is 0 Å². The van der Waals surface area contributed by atoms with Gasteiger partial charge in [0, 0.05) is 38.9 Å². The quantitative estimate of drug-likeness (QED) is 0.453. The molecular formula is C8H12AlCl3N4. The molecule has 8 heteroatoms. The first-order chi connectivity index (χ1) is 5.79. The van der Waals surface area contributed by atoms with Gasteiger partial charge in [-0.1, -0.05) is 0 Å². The number of hydrogen-bond acceptors (Lipinski definition) is 2. The molecule has 0 saturated heterocycles. The van der Waals surface area contributed by atoms with E-state index in [-0.39, 0.29) is 54.6 Å². The zero-order chi connectivity index (χ0) is 8.81. The van der Waals surface area contributed by atoms with Crippen LogP contribution in [0.1, 0.15) is 0 Å². The first-order valence-corrected chi connectivity index (χ1v) is 3.63. The van der Waals surface area contributed by atoms with Crippen molar-refractivity contribution in [1.29, 1.82) is 0 Å². The van der Waals surface area contributed by atoms with Crippen molar-refractivity contribution in [2.45, 2.75) is 0 Å². The average Bonchev–Trinajstić information content (AvgIpc) is 2.63. The summed E-state index contributed by atoms with van der Waals surface area (Å²) in [4.78, 5) is 7.57. The Morgan fingerprint density at radius 3 is 1.12 bits per heavy atom. The molecule has 0 aliphatic carbocycles. The number of aryl methyl sites for hydroxylation is 2. The molecule has 0 unspecified atom stereocenters. The molecule has 0 atom stereocenters. The summed E-state index contributed by atoms with van der Waals surface area (Å²) in [6, 6.07) is 0. The number of hydrogen-bond donors (Lipinski definition) is 0. The second kappa shape index (κ2) is 14.8.